The first-order valence-corrected chi connectivity index (χ1v) is 9.18. The fourth-order valence-electron chi connectivity index (χ4n) is 3.95. The van der Waals surface area contributed by atoms with Gasteiger partial charge in [-0.15, -0.1) is 11.3 Å². The van der Waals surface area contributed by atoms with Crippen LogP contribution in [-0.2, 0) is 10.2 Å². The molecule has 1 aromatic rings. The van der Waals surface area contributed by atoms with E-state index >= 15 is 0 Å². The van der Waals surface area contributed by atoms with Gasteiger partial charge < -0.3 is 10.6 Å². The van der Waals surface area contributed by atoms with Crippen molar-refractivity contribution in [2.45, 2.75) is 50.4 Å². The van der Waals surface area contributed by atoms with Gasteiger partial charge in [0.1, 0.15) is 0 Å². The number of hydrogen-bond donors (Lipinski definition) is 1. The van der Waals surface area contributed by atoms with Gasteiger partial charge in [-0.2, -0.15) is 0 Å². The number of nitrogens with zero attached hydrogens (tertiary/aromatic N) is 1. The summed E-state index contributed by atoms with van der Waals surface area (Å²) < 4.78 is 0. The van der Waals surface area contributed by atoms with Crippen LogP contribution in [-0.4, -0.2) is 30.4 Å². The van der Waals surface area contributed by atoms with Crippen LogP contribution in [0, 0.1) is 5.92 Å². The molecule has 1 aliphatic heterocycles. The number of hydrogen-bond acceptors (Lipinski definition) is 3. The van der Waals surface area contributed by atoms with E-state index in [1.54, 1.807) is 11.3 Å². The summed E-state index contributed by atoms with van der Waals surface area (Å²) in [5.74, 6) is 0.998. The van der Waals surface area contributed by atoms with Gasteiger partial charge in [-0.3, -0.25) is 4.79 Å². The molecule has 3 nitrogen and oxygen atoms in total. The molecule has 0 spiro atoms. The van der Waals surface area contributed by atoms with Crippen LogP contribution >= 0.6 is 11.3 Å². The predicted molar refractivity (Wildman–Crippen MR) is 87.4 cm³/mol. The lowest BCUT2D eigenvalue weighted by Crippen LogP contribution is -2.50. The predicted octanol–water partition coefficient (Wildman–Crippen LogP) is 3.15. The second-order valence-electron chi connectivity index (χ2n) is 6.59. The molecule has 2 fully saturated rings. The van der Waals surface area contributed by atoms with Gasteiger partial charge in [0.25, 0.3) is 0 Å². The maximum atomic E-state index is 13.3. The number of carbonyl (C=O) groups is 1. The van der Waals surface area contributed by atoms with Crippen molar-refractivity contribution in [1.82, 2.24) is 4.90 Å². The largest absolute Gasteiger partial charge is 0.342 e. The molecule has 1 aromatic heterocycles. The molecule has 0 bridgehead atoms. The molecular weight excluding hydrogens is 280 g/mol. The lowest BCUT2D eigenvalue weighted by molar-refractivity contribution is -0.140. The van der Waals surface area contributed by atoms with Crippen molar-refractivity contribution in [2.75, 3.05) is 19.6 Å². The Hall–Kier alpha value is -0.870. The SMILES string of the molecule is NCC1CCN(C(=O)C2(c3cccs3)CCCCC2)CC1. The van der Waals surface area contributed by atoms with Crippen LogP contribution in [0.3, 0.4) is 0 Å². The van der Waals surface area contributed by atoms with Crippen LogP contribution in [0.2, 0.25) is 0 Å². The van der Waals surface area contributed by atoms with Crippen molar-refractivity contribution < 1.29 is 4.79 Å². The third kappa shape index (κ3) is 2.88. The van der Waals surface area contributed by atoms with Crippen LogP contribution in [0.1, 0.15) is 49.8 Å². The van der Waals surface area contributed by atoms with Crippen LogP contribution in [0.5, 0.6) is 0 Å². The smallest absolute Gasteiger partial charge is 0.234 e. The van der Waals surface area contributed by atoms with Gasteiger partial charge in [0, 0.05) is 18.0 Å². The summed E-state index contributed by atoms with van der Waals surface area (Å²) in [4.78, 5) is 16.7. The molecule has 2 heterocycles. The average molecular weight is 306 g/mol. The second kappa shape index (κ2) is 6.49. The normalized spacial score (nSPS) is 23.2. The first kappa shape index (κ1) is 15.0. The monoisotopic (exact) mass is 306 g/mol. The minimum atomic E-state index is -0.220. The molecular formula is C17H26N2OS. The van der Waals surface area contributed by atoms with Gasteiger partial charge in [0.2, 0.25) is 5.91 Å². The van der Waals surface area contributed by atoms with Crippen LogP contribution < -0.4 is 5.73 Å². The van der Waals surface area contributed by atoms with Crippen molar-refractivity contribution in [3.05, 3.63) is 22.4 Å². The third-order valence-electron chi connectivity index (χ3n) is 5.34. The molecule has 1 saturated heterocycles. The van der Waals surface area contributed by atoms with Crippen LogP contribution in [0.4, 0.5) is 0 Å². The zero-order chi connectivity index (χ0) is 14.7. The van der Waals surface area contributed by atoms with Gasteiger partial charge in [-0.25, -0.2) is 0 Å². The van der Waals surface area contributed by atoms with E-state index in [9.17, 15) is 4.79 Å². The van der Waals surface area contributed by atoms with E-state index in [0.29, 0.717) is 11.8 Å². The number of amides is 1. The fraction of sp³-hybridized carbons (Fsp3) is 0.706. The van der Waals surface area contributed by atoms with Crippen LogP contribution in [0.25, 0.3) is 0 Å². The first-order chi connectivity index (χ1) is 10.3. The molecule has 0 unspecified atom stereocenters. The van der Waals surface area contributed by atoms with Gasteiger partial charge in [0.05, 0.1) is 5.41 Å². The lowest BCUT2D eigenvalue weighted by Gasteiger charge is -2.41. The van der Waals surface area contributed by atoms with Crippen LogP contribution in [0.15, 0.2) is 17.5 Å². The summed E-state index contributed by atoms with van der Waals surface area (Å²) in [6.07, 6.45) is 7.85. The summed E-state index contributed by atoms with van der Waals surface area (Å²) in [7, 11) is 0. The summed E-state index contributed by atoms with van der Waals surface area (Å²) in [5.41, 5.74) is 5.55. The Labute approximate surface area is 131 Å². The maximum absolute atomic E-state index is 13.3. The zero-order valence-electron chi connectivity index (χ0n) is 12.7. The Morgan fingerprint density at radius 2 is 2.00 bits per heavy atom. The third-order valence-corrected chi connectivity index (χ3v) is 6.42. The zero-order valence-corrected chi connectivity index (χ0v) is 13.5. The molecule has 0 radical (unpaired) electrons. The minimum Gasteiger partial charge on any atom is -0.342 e. The minimum absolute atomic E-state index is 0.220. The Morgan fingerprint density at radius 1 is 1.29 bits per heavy atom. The highest BCUT2D eigenvalue weighted by Gasteiger charge is 2.44. The topological polar surface area (TPSA) is 46.3 Å². The standard InChI is InChI=1S/C17H26N2OS/c18-13-14-6-10-19(11-7-14)16(20)17(8-2-1-3-9-17)15-5-4-12-21-15/h4-5,12,14H,1-3,6-11,13,18H2. The van der Waals surface area contributed by atoms with Crippen molar-refractivity contribution in [3.63, 3.8) is 0 Å². The maximum Gasteiger partial charge on any atom is 0.234 e. The Morgan fingerprint density at radius 3 is 2.57 bits per heavy atom. The van der Waals surface area contributed by atoms with Gasteiger partial charge in [-0.05, 0) is 49.6 Å². The summed E-state index contributed by atoms with van der Waals surface area (Å²) in [5, 5.41) is 2.11. The highest BCUT2D eigenvalue weighted by atomic mass is 32.1. The van der Waals surface area contributed by atoms with E-state index in [1.165, 1.54) is 24.1 Å². The number of thiophene rings is 1. The highest BCUT2D eigenvalue weighted by Crippen LogP contribution is 2.43. The van der Waals surface area contributed by atoms with Crippen molar-refractivity contribution >= 4 is 17.2 Å². The summed E-state index contributed by atoms with van der Waals surface area (Å²) in [6, 6.07) is 4.25. The molecule has 0 aromatic carbocycles. The first-order valence-electron chi connectivity index (χ1n) is 8.30. The number of piperidine rings is 1. The Kier molecular flexibility index (Phi) is 4.65. The second-order valence-corrected chi connectivity index (χ2v) is 7.54. The van der Waals surface area contributed by atoms with E-state index in [-0.39, 0.29) is 5.41 Å². The molecule has 116 valence electrons. The Bertz CT molecular complexity index is 457. The number of likely N-dealkylation sites (tertiary alicyclic amines) is 1. The number of nitrogens with two attached hydrogens (primary N) is 1. The lowest BCUT2D eigenvalue weighted by atomic mass is 9.71. The van der Waals surface area contributed by atoms with Gasteiger partial charge in [-0.1, -0.05) is 25.3 Å². The van der Waals surface area contributed by atoms with E-state index < -0.39 is 0 Å². The molecule has 1 aliphatic carbocycles. The fourth-order valence-corrected chi connectivity index (χ4v) is 4.92. The van der Waals surface area contributed by atoms with E-state index in [0.717, 1.165) is 45.3 Å². The molecule has 2 N–H and O–H groups in total. The molecule has 3 rings (SSSR count). The molecule has 1 saturated carbocycles. The summed E-state index contributed by atoms with van der Waals surface area (Å²) >= 11 is 1.76. The molecule has 21 heavy (non-hydrogen) atoms. The van der Waals surface area contributed by atoms with Crippen molar-refractivity contribution in [2.24, 2.45) is 11.7 Å². The quantitative estimate of drug-likeness (QED) is 0.932. The highest BCUT2D eigenvalue weighted by molar-refractivity contribution is 7.10. The number of rotatable bonds is 3. The summed E-state index contributed by atoms with van der Waals surface area (Å²) in [6.45, 7) is 2.56. The van der Waals surface area contributed by atoms with Crippen molar-refractivity contribution in [3.8, 4) is 0 Å². The molecule has 0 atom stereocenters. The van der Waals surface area contributed by atoms with E-state index in [1.807, 2.05) is 0 Å². The molecule has 2 aliphatic rings. The average Bonchev–Trinajstić information content (AvgIpc) is 3.10. The van der Waals surface area contributed by atoms with Gasteiger partial charge in [0.15, 0.2) is 0 Å². The molecule has 4 heteroatoms. The molecule has 1 amide bonds. The van der Waals surface area contributed by atoms with E-state index in [2.05, 4.69) is 22.4 Å². The van der Waals surface area contributed by atoms with Gasteiger partial charge >= 0.3 is 0 Å². The van der Waals surface area contributed by atoms with E-state index in [4.69, 9.17) is 5.73 Å². The Balaban J connectivity index is 1.79. The van der Waals surface area contributed by atoms with Crippen molar-refractivity contribution in [1.29, 1.82) is 0 Å². The number of carbonyl (C=O) groups excluding carboxylic acids is 1.